The Morgan fingerprint density at radius 1 is 1.17 bits per heavy atom. The van der Waals surface area contributed by atoms with Crippen LogP contribution in [0.4, 0.5) is 0 Å². The Labute approximate surface area is 148 Å². The first-order chi connectivity index (χ1) is 11.7. The molecule has 0 heterocycles. The molecule has 4 aliphatic carbocycles. The van der Waals surface area contributed by atoms with Crippen LogP contribution >= 0.6 is 0 Å². The number of rotatable bonds is 4. The average molecular weight is 327 g/mol. The maximum absolute atomic E-state index is 11.8. The monoisotopic (exact) mass is 326 g/mol. The average Bonchev–Trinajstić information content (AvgIpc) is 2.98. The van der Waals surface area contributed by atoms with Gasteiger partial charge in [-0.05, 0) is 92.4 Å². The van der Waals surface area contributed by atoms with Crippen molar-refractivity contribution < 1.29 is 4.79 Å². The second-order valence-electron chi connectivity index (χ2n) is 9.08. The third-order valence-electron chi connectivity index (χ3n) is 8.35. The van der Waals surface area contributed by atoms with Gasteiger partial charge in [0.25, 0.3) is 0 Å². The van der Waals surface area contributed by atoms with E-state index in [2.05, 4.69) is 19.6 Å². The van der Waals surface area contributed by atoms with Gasteiger partial charge in [0.15, 0.2) is 5.78 Å². The van der Waals surface area contributed by atoms with Crippen molar-refractivity contribution in [1.29, 1.82) is 0 Å². The number of ketones is 1. The summed E-state index contributed by atoms with van der Waals surface area (Å²) in [5.41, 5.74) is 1.96. The van der Waals surface area contributed by atoms with E-state index in [4.69, 9.17) is 0 Å². The number of unbranched alkanes of at least 4 members (excludes halogenated alkanes) is 1. The van der Waals surface area contributed by atoms with E-state index in [9.17, 15) is 4.79 Å². The van der Waals surface area contributed by atoms with E-state index in [1.54, 1.807) is 0 Å². The molecule has 3 saturated carbocycles. The molecule has 1 nitrogen and oxygen atoms in total. The third kappa shape index (κ3) is 2.45. The van der Waals surface area contributed by atoms with E-state index in [0.717, 1.165) is 42.4 Å². The van der Waals surface area contributed by atoms with Crippen molar-refractivity contribution in [2.45, 2.75) is 77.6 Å². The van der Waals surface area contributed by atoms with Gasteiger partial charge >= 0.3 is 0 Å². The highest BCUT2D eigenvalue weighted by atomic mass is 16.1. The van der Waals surface area contributed by atoms with Gasteiger partial charge in [-0.1, -0.05) is 31.4 Å². The highest BCUT2D eigenvalue weighted by Crippen LogP contribution is 2.65. The number of carbonyl (C=O) groups excluding carboxylic acids is 1. The molecule has 6 atom stereocenters. The van der Waals surface area contributed by atoms with Crippen LogP contribution < -0.4 is 0 Å². The first-order valence-corrected chi connectivity index (χ1v) is 10.6. The Morgan fingerprint density at radius 2 is 2.04 bits per heavy atom. The lowest BCUT2D eigenvalue weighted by Crippen LogP contribution is -2.46. The summed E-state index contributed by atoms with van der Waals surface area (Å²) < 4.78 is 0. The van der Waals surface area contributed by atoms with Crippen LogP contribution in [0.3, 0.4) is 0 Å². The molecule has 3 unspecified atom stereocenters. The molecule has 4 rings (SSSR count). The van der Waals surface area contributed by atoms with Crippen molar-refractivity contribution >= 4 is 5.78 Å². The van der Waals surface area contributed by atoms with E-state index in [0.29, 0.717) is 11.2 Å². The Bertz CT molecular complexity index is 544. The zero-order valence-electron chi connectivity index (χ0n) is 15.4. The standard InChI is InChI=1S/C23H34O/c1-3-5-6-17-8-12-22-21-10-7-16-15-18(24)9-11-19(16)20(21)13-14-23(17,22)4-2/h4,15,17,19-22H,2-3,5-14H2,1H3/t17-,19+,20?,21?,22?,23-/m1/s1. The van der Waals surface area contributed by atoms with E-state index in [1.807, 2.05) is 6.08 Å². The number of hydrogen-bond acceptors (Lipinski definition) is 1. The van der Waals surface area contributed by atoms with Crippen LogP contribution in [0.15, 0.2) is 24.3 Å². The maximum atomic E-state index is 11.8. The minimum atomic E-state index is 0.386. The molecule has 0 N–H and O–H groups in total. The summed E-state index contributed by atoms with van der Waals surface area (Å²) in [6, 6.07) is 0. The lowest BCUT2D eigenvalue weighted by atomic mass is 9.50. The number of carbonyl (C=O) groups is 1. The highest BCUT2D eigenvalue weighted by Gasteiger charge is 2.56. The third-order valence-corrected chi connectivity index (χ3v) is 8.35. The van der Waals surface area contributed by atoms with Gasteiger partial charge in [-0.2, -0.15) is 0 Å². The van der Waals surface area contributed by atoms with Gasteiger partial charge in [-0.3, -0.25) is 4.79 Å². The molecule has 0 saturated heterocycles. The number of hydrogen-bond donors (Lipinski definition) is 0. The fourth-order valence-electron chi connectivity index (χ4n) is 7.30. The smallest absolute Gasteiger partial charge is 0.155 e. The minimum Gasteiger partial charge on any atom is -0.295 e. The number of allylic oxidation sites excluding steroid dienone is 2. The highest BCUT2D eigenvalue weighted by molar-refractivity contribution is 5.91. The lowest BCUT2D eigenvalue weighted by Gasteiger charge is -2.54. The normalized spacial score (nSPS) is 44.3. The van der Waals surface area contributed by atoms with Gasteiger partial charge in [0, 0.05) is 6.42 Å². The van der Waals surface area contributed by atoms with Crippen LogP contribution in [-0.2, 0) is 4.79 Å². The Hall–Kier alpha value is -0.850. The maximum Gasteiger partial charge on any atom is 0.155 e. The quantitative estimate of drug-likeness (QED) is 0.570. The fraction of sp³-hybridized carbons (Fsp3) is 0.783. The Morgan fingerprint density at radius 3 is 2.83 bits per heavy atom. The van der Waals surface area contributed by atoms with Gasteiger partial charge < -0.3 is 0 Å². The molecule has 0 spiro atoms. The molecule has 0 aromatic heterocycles. The van der Waals surface area contributed by atoms with Gasteiger partial charge in [0.1, 0.15) is 0 Å². The second-order valence-corrected chi connectivity index (χ2v) is 9.08. The molecule has 3 fully saturated rings. The zero-order chi connectivity index (χ0) is 16.7. The molecule has 4 aliphatic rings. The molecule has 0 aliphatic heterocycles. The minimum absolute atomic E-state index is 0.386. The topological polar surface area (TPSA) is 17.1 Å². The van der Waals surface area contributed by atoms with E-state index >= 15 is 0 Å². The van der Waals surface area contributed by atoms with Crippen molar-refractivity contribution in [3.8, 4) is 0 Å². The first-order valence-electron chi connectivity index (χ1n) is 10.6. The SMILES string of the molecule is C=C[C@]12CCC3C(CCC4=CC(=O)CC[C@@H]43)C1CC[C@H]2CCCC. The Balaban J connectivity index is 1.58. The Kier molecular flexibility index (Phi) is 4.47. The first kappa shape index (κ1) is 16.6. The van der Waals surface area contributed by atoms with Crippen LogP contribution in [0.5, 0.6) is 0 Å². The molecule has 24 heavy (non-hydrogen) atoms. The van der Waals surface area contributed by atoms with E-state index in [1.165, 1.54) is 63.4 Å². The zero-order valence-corrected chi connectivity index (χ0v) is 15.4. The summed E-state index contributed by atoms with van der Waals surface area (Å²) in [6.45, 7) is 6.67. The largest absolute Gasteiger partial charge is 0.295 e. The van der Waals surface area contributed by atoms with Crippen molar-refractivity contribution in [1.82, 2.24) is 0 Å². The molecule has 1 heteroatoms. The molecular weight excluding hydrogens is 292 g/mol. The van der Waals surface area contributed by atoms with Gasteiger partial charge in [0.2, 0.25) is 0 Å². The molecule has 132 valence electrons. The summed E-state index contributed by atoms with van der Waals surface area (Å²) in [5, 5.41) is 0. The van der Waals surface area contributed by atoms with Crippen molar-refractivity contribution in [3.63, 3.8) is 0 Å². The van der Waals surface area contributed by atoms with Crippen molar-refractivity contribution in [2.75, 3.05) is 0 Å². The van der Waals surface area contributed by atoms with Crippen molar-refractivity contribution in [2.24, 2.45) is 35.0 Å². The number of fused-ring (bicyclic) bond motifs is 5. The summed E-state index contributed by atoms with van der Waals surface area (Å²) >= 11 is 0. The van der Waals surface area contributed by atoms with E-state index in [-0.39, 0.29) is 0 Å². The molecule has 0 amide bonds. The van der Waals surface area contributed by atoms with E-state index < -0.39 is 0 Å². The molecule has 0 radical (unpaired) electrons. The predicted molar refractivity (Wildman–Crippen MR) is 99.6 cm³/mol. The van der Waals surface area contributed by atoms with Gasteiger partial charge in [-0.25, -0.2) is 0 Å². The molecular formula is C23H34O. The molecule has 0 aromatic carbocycles. The summed E-state index contributed by atoms with van der Waals surface area (Å²) in [4.78, 5) is 11.8. The van der Waals surface area contributed by atoms with Gasteiger partial charge in [-0.15, -0.1) is 6.58 Å². The van der Waals surface area contributed by atoms with Crippen LogP contribution in [0.2, 0.25) is 0 Å². The molecule has 0 aromatic rings. The van der Waals surface area contributed by atoms with Crippen molar-refractivity contribution in [3.05, 3.63) is 24.3 Å². The van der Waals surface area contributed by atoms with Gasteiger partial charge in [0.05, 0.1) is 0 Å². The summed E-state index contributed by atoms with van der Waals surface area (Å²) in [5.74, 6) is 4.66. The second kappa shape index (κ2) is 6.46. The van der Waals surface area contributed by atoms with Crippen LogP contribution in [-0.4, -0.2) is 5.78 Å². The van der Waals surface area contributed by atoms with Crippen LogP contribution in [0.25, 0.3) is 0 Å². The van der Waals surface area contributed by atoms with Crippen LogP contribution in [0, 0.1) is 35.0 Å². The summed E-state index contributed by atoms with van der Waals surface area (Å²) in [7, 11) is 0. The summed E-state index contributed by atoms with van der Waals surface area (Å²) in [6.07, 6.45) is 18.6. The van der Waals surface area contributed by atoms with Crippen LogP contribution in [0.1, 0.15) is 77.6 Å². The lowest BCUT2D eigenvalue weighted by molar-refractivity contribution is -0.116. The molecule has 0 bridgehead atoms. The predicted octanol–water partition coefficient (Wildman–Crippen LogP) is 6.10. The fourth-order valence-corrected chi connectivity index (χ4v) is 7.30.